The molecular formula is C23H24N8O. The van der Waals surface area contributed by atoms with Gasteiger partial charge in [0.25, 0.3) is 5.91 Å². The molecule has 9 nitrogen and oxygen atoms in total. The normalized spacial score (nSPS) is 16.4. The topological polar surface area (TPSA) is 92.1 Å². The molecule has 1 saturated heterocycles. The van der Waals surface area contributed by atoms with E-state index in [2.05, 4.69) is 25.4 Å². The summed E-state index contributed by atoms with van der Waals surface area (Å²) in [6, 6.07) is 9.18. The van der Waals surface area contributed by atoms with Gasteiger partial charge < -0.3 is 9.80 Å². The van der Waals surface area contributed by atoms with E-state index in [4.69, 9.17) is 4.11 Å². The summed E-state index contributed by atoms with van der Waals surface area (Å²) < 4.78 is 24.4. The zero-order chi connectivity index (χ0) is 24.6. The highest BCUT2D eigenvalue weighted by molar-refractivity contribution is 6.04. The molecule has 4 aromatic rings. The second-order valence-corrected chi connectivity index (χ2v) is 7.70. The number of nitrogens with zero attached hydrogens (tertiary/aromatic N) is 7. The number of hydrogen-bond acceptors (Lipinski definition) is 7. The summed E-state index contributed by atoms with van der Waals surface area (Å²) in [4.78, 5) is 29.5. The Bertz CT molecular complexity index is 1380. The van der Waals surface area contributed by atoms with Crippen molar-refractivity contribution in [2.75, 3.05) is 43.4 Å². The van der Waals surface area contributed by atoms with Gasteiger partial charge in [-0.1, -0.05) is 12.1 Å². The molecule has 0 unspecified atom stereocenters. The lowest BCUT2D eigenvalue weighted by Crippen LogP contribution is -2.44. The third-order valence-corrected chi connectivity index (χ3v) is 5.46. The molecule has 0 aliphatic carbocycles. The molecule has 0 bridgehead atoms. The van der Waals surface area contributed by atoms with Crippen molar-refractivity contribution < 1.29 is 8.91 Å². The highest BCUT2D eigenvalue weighted by Gasteiger charge is 2.17. The molecule has 3 aromatic heterocycles. The van der Waals surface area contributed by atoms with Gasteiger partial charge in [-0.25, -0.2) is 15.0 Å². The first-order valence-electron chi connectivity index (χ1n) is 11.8. The van der Waals surface area contributed by atoms with E-state index in [1.807, 2.05) is 36.3 Å². The van der Waals surface area contributed by atoms with Crippen LogP contribution in [0.4, 0.5) is 11.8 Å². The molecule has 0 radical (unpaired) electrons. The van der Waals surface area contributed by atoms with E-state index in [0.29, 0.717) is 43.1 Å². The molecule has 1 N–H and O–H groups in total. The van der Waals surface area contributed by atoms with Crippen LogP contribution in [0, 0.1) is 0 Å². The second-order valence-electron chi connectivity index (χ2n) is 7.70. The van der Waals surface area contributed by atoms with E-state index in [9.17, 15) is 4.79 Å². The van der Waals surface area contributed by atoms with Gasteiger partial charge in [0.1, 0.15) is 5.82 Å². The zero-order valence-corrected chi connectivity index (χ0v) is 17.6. The summed E-state index contributed by atoms with van der Waals surface area (Å²) in [6.07, 6.45) is 6.96. The standard InChI is InChI=1S/C23H24N8O/c1-29-7-9-31(10-8-29)21-12-17(5-6-24-21)22(32)28-23-25-13-18-4-3-16(11-20(18)27-23)19-14-26-30(2)15-19/h3-6,11-15H,7-10H2,1-2H3,(H,25,27,28,32)/i1D3. The highest BCUT2D eigenvalue weighted by Crippen LogP contribution is 2.23. The van der Waals surface area contributed by atoms with Gasteiger partial charge in [-0.05, 0) is 30.7 Å². The smallest absolute Gasteiger partial charge is 0.258 e. The minimum Gasteiger partial charge on any atom is -0.354 e. The Morgan fingerprint density at radius 3 is 2.72 bits per heavy atom. The summed E-state index contributed by atoms with van der Waals surface area (Å²) in [7, 11) is 1.86. The van der Waals surface area contributed by atoms with E-state index >= 15 is 0 Å². The van der Waals surface area contributed by atoms with Crippen molar-refractivity contribution in [2.24, 2.45) is 7.05 Å². The van der Waals surface area contributed by atoms with Crippen LogP contribution >= 0.6 is 0 Å². The van der Waals surface area contributed by atoms with Gasteiger partial charge in [0.15, 0.2) is 0 Å². The number of fused-ring (bicyclic) bond motifs is 1. The maximum atomic E-state index is 12.9. The van der Waals surface area contributed by atoms with E-state index in [1.165, 1.54) is 4.90 Å². The molecule has 9 heteroatoms. The summed E-state index contributed by atoms with van der Waals surface area (Å²) in [5.41, 5.74) is 3.07. The average molecular weight is 432 g/mol. The molecular weight excluding hydrogens is 404 g/mol. The van der Waals surface area contributed by atoms with Crippen LogP contribution in [0.15, 0.2) is 55.1 Å². The lowest BCUT2D eigenvalue weighted by atomic mass is 10.1. The Morgan fingerprint density at radius 1 is 1.06 bits per heavy atom. The number of likely N-dealkylation sites (N-methyl/N-ethyl adjacent to an activating group) is 1. The number of rotatable bonds is 4. The number of nitrogens with one attached hydrogen (secondary N) is 1. The van der Waals surface area contributed by atoms with Crippen molar-refractivity contribution in [3.8, 4) is 11.1 Å². The molecule has 0 saturated carbocycles. The summed E-state index contributed by atoms with van der Waals surface area (Å²) in [5.74, 6) is 0.483. The van der Waals surface area contributed by atoms with E-state index in [0.717, 1.165) is 16.5 Å². The molecule has 1 fully saturated rings. The second kappa shape index (κ2) is 8.35. The molecule has 0 atom stereocenters. The number of pyridine rings is 1. The summed E-state index contributed by atoms with van der Waals surface area (Å²) in [5, 5.41) is 7.83. The van der Waals surface area contributed by atoms with Crippen LogP contribution in [0.3, 0.4) is 0 Å². The van der Waals surface area contributed by atoms with Crippen LogP contribution in [0.25, 0.3) is 22.0 Å². The molecule has 1 aliphatic heterocycles. The SMILES string of the molecule is [2H]C([2H])([2H])N1CCN(c2cc(C(=O)Nc3ncc4ccc(-c5cnn(C)c5)cc4n3)ccn2)CC1. The number of amides is 1. The van der Waals surface area contributed by atoms with Gasteiger partial charge in [-0.15, -0.1) is 0 Å². The third kappa shape index (κ3) is 4.15. The number of aryl methyl sites for hydroxylation is 1. The monoisotopic (exact) mass is 431 g/mol. The fraction of sp³-hybridized carbons (Fsp3) is 0.261. The Kier molecular flexibility index (Phi) is 4.38. The number of benzene rings is 1. The molecule has 32 heavy (non-hydrogen) atoms. The quantitative estimate of drug-likeness (QED) is 0.531. The zero-order valence-electron chi connectivity index (χ0n) is 20.6. The minimum absolute atomic E-state index is 0.204. The van der Waals surface area contributed by atoms with Crippen molar-refractivity contribution >= 4 is 28.6 Å². The highest BCUT2D eigenvalue weighted by atomic mass is 16.1. The maximum Gasteiger partial charge on any atom is 0.258 e. The van der Waals surface area contributed by atoms with Crippen molar-refractivity contribution in [3.05, 3.63) is 60.7 Å². The Morgan fingerprint density at radius 2 is 1.94 bits per heavy atom. The lowest BCUT2D eigenvalue weighted by Gasteiger charge is -2.33. The van der Waals surface area contributed by atoms with Crippen LogP contribution in [-0.2, 0) is 7.05 Å². The Hall–Kier alpha value is -3.85. The van der Waals surface area contributed by atoms with Crippen molar-refractivity contribution in [2.45, 2.75) is 0 Å². The first-order chi connectivity index (χ1) is 16.8. The van der Waals surface area contributed by atoms with Crippen LogP contribution in [0.5, 0.6) is 0 Å². The van der Waals surface area contributed by atoms with Gasteiger partial charge in [-0.2, -0.15) is 5.10 Å². The number of piperazine rings is 1. The van der Waals surface area contributed by atoms with E-state index in [1.54, 1.807) is 35.4 Å². The van der Waals surface area contributed by atoms with Crippen molar-refractivity contribution in [3.63, 3.8) is 0 Å². The van der Waals surface area contributed by atoms with Gasteiger partial charge in [0.05, 0.1) is 11.7 Å². The lowest BCUT2D eigenvalue weighted by molar-refractivity contribution is 0.102. The fourth-order valence-corrected chi connectivity index (χ4v) is 3.68. The number of aromatic nitrogens is 5. The largest absolute Gasteiger partial charge is 0.354 e. The molecule has 0 spiro atoms. The molecule has 1 aromatic carbocycles. The molecule has 162 valence electrons. The minimum atomic E-state index is -2.10. The average Bonchev–Trinajstić information content (AvgIpc) is 3.29. The molecule has 5 rings (SSSR count). The first kappa shape index (κ1) is 16.8. The summed E-state index contributed by atoms with van der Waals surface area (Å²) in [6.45, 7) is -0.256. The van der Waals surface area contributed by atoms with Crippen molar-refractivity contribution in [1.82, 2.24) is 29.6 Å². The third-order valence-electron chi connectivity index (χ3n) is 5.46. The predicted molar refractivity (Wildman–Crippen MR) is 124 cm³/mol. The molecule has 1 aliphatic rings. The van der Waals surface area contributed by atoms with E-state index in [-0.39, 0.29) is 11.9 Å². The van der Waals surface area contributed by atoms with Gasteiger partial charge in [-0.3, -0.25) is 14.8 Å². The number of anilines is 2. The fourth-order valence-electron chi connectivity index (χ4n) is 3.68. The van der Waals surface area contributed by atoms with Gasteiger partial charge >= 0.3 is 0 Å². The number of carbonyl (C=O) groups is 1. The van der Waals surface area contributed by atoms with Gasteiger partial charge in [0, 0.05) is 72.4 Å². The summed E-state index contributed by atoms with van der Waals surface area (Å²) >= 11 is 0. The van der Waals surface area contributed by atoms with Gasteiger partial charge in [0.2, 0.25) is 5.95 Å². The predicted octanol–water partition coefficient (Wildman–Crippen LogP) is 2.43. The van der Waals surface area contributed by atoms with Crippen LogP contribution < -0.4 is 10.2 Å². The van der Waals surface area contributed by atoms with Crippen LogP contribution in [0.1, 0.15) is 14.5 Å². The van der Waals surface area contributed by atoms with Crippen LogP contribution in [0.2, 0.25) is 0 Å². The Labute approximate surface area is 189 Å². The maximum absolute atomic E-state index is 12.9. The first-order valence-corrected chi connectivity index (χ1v) is 10.3. The van der Waals surface area contributed by atoms with Crippen molar-refractivity contribution in [1.29, 1.82) is 0 Å². The molecule has 1 amide bonds. The molecule has 4 heterocycles. The van der Waals surface area contributed by atoms with E-state index < -0.39 is 6.98 Å². The number of hydrogen-bond donors (Lipinski definition) is 1. The Balaban J connectivity index is 1.31. The van der Waals surface area contributed by atoms with Crippen LogP contribution in [-0.4, -0.2) is 68.7 Å². The number of carbonyl (C=O) groups excluding carboxylic acids is 1.